The zero-order valence-electron chi connectivity index (χ0n) is 11.1. The van der Waals surface area contributed by atoms with E-state index < -0.39 is 28.8 Å². The molecule has 0 heterocycles. The highest BCUT2D eigenvalue weighted by molar-refractivity contribution is 5.81. The second-order valence-corrected chi connectivity index (χ2v) is 5.03. The summed E-state index contributed by atoms with van der Waals surface area (Å²) in [5.74, 6) is 1.73. The number of rotatable bonds is 4. The molecule has 0 radical (unpaired) electrons. The maximum absolute atomic E-state index is 13.4. The van der Waals surface area contributed by atoms with Gasteiger partial charge in [0.05, 0.1) is 6.54 Å². The van der Waals surface area contributed by atoms with Crippen LogP contribution >= 0.6 is 0 Å². The summed E-state index contributed by atoms with van der Waals surface area (Å²) in [7, 11) is 0. The van der Waals surface area contributed by atoms with Gasteiger partial charge in [-0.15, -0.1) is 0 Å². The van der Waals surface area contributed by atoms with Gasteiger partial charge in [0.15, 0.2) is 11.6 Å². The molecule has 0 aliphatic rings. The molecule has 1 aromatic carbocycles. The number of nitrogens with two attached hydrogens (primary N) is 1. The number of hydrogen-bond donors (Lipinski definition) is 1. The molecule has 0 saturated heterocycles. The highest BCUT2D eigenvalue weighted by Gasteiger charge is 2.29. The van der Waals surface area contributed by atoms with Gasteiger partial charge in [-0.2, -0.15) is 0 Å². The Labute approximate surface area is 110 Å². The smallest absolute Gasteiger partial charge is 0.242 e. The van der Waals surface area contributed by atoms with Crippen molar-refractivity contribution in [2.45, 2.75) is 33.7 Å². The van der Waals surface area contributed by atoms with Gasteiger partial charge in [-0.1, -0.05) is 20.8 Å². The standard InChI is InChI=1S/C13H17F3N2O/c1-4-13(2,3)12(19)18(17)7-8-5-9(14)6-10(15)11(8)16/h5-6H,4,7,17H2,1-3H3. The number of carbonyl (C=O) groups excluding carboxylic acids is 1. The molecular formula is C13H17F3N2O. The summed E-state index contributed by atoms with van der Waals surface area (Å²) in [5.41, 5.74) is -1.00. The fraction of sp³-hybridized carbons (Fsp3) is 0.462. The van der Waals surface area contributed by atoms with E-state index in [0.29, 0.717) is 12.5 Å². The van der Waals surface area contributed by atoms with Crippen molar-refractivity contribution in [3.05, 3.63) is 35.1 Å². The molecule has 6 heteroatoms. The van der Waals surface area contributed by atoms with Crippen molar-refractivity contribution in [2.75, 3.05) is 0 Å². The van der Waals surface area contributed by atoms with E-state index in [1.807, 2.05) is 6.92 Å². The molecule has 1 aromatic rings. The molecule has 0 atom stereocenters. The molecule has 0 unspecified atom stereocenters. The van der Waals surface area contributed by atoms with E-state index in [9.17, 15) is 18.0 Å². The minimum absolute atomic E-state index is 0.291. The summed E-state index contributed by atoms with van der Waals surface area (Å²) in [6.45, 7) is 4.81. The molecule has 3 nitrogen and oxygen atoms in total. The highest BCUT2D eigenvalue weighted by atomic mass is 19.2. The van der Waals surface area contributed by atoms with Crippen LogP contribution in [0.3, 0.4) is 0 Å². The number of nitrogens with zero attached hydrogens (tertiary/aromatic N) is 1. The molecule has 19 heavy (non-hydrogen) atoms. The number of hydrogen-bond acceptors (Lipinski definition) is 2. The van der Waals surface area contributed by atoms with E-state index in [1.165, 1.54) is 0 Å². The number of halogens is 3. The van der Waals surface area contributed by atoms with E-state index in [-0.39, 0.29) is 12.1 Å². The van der Waals surface area contributed by atoms with Crippen LogP contribution in [0.15, 0.2) is 12.1 Å². The molecule has 2 N–H and O–H groups in total. The van der Waals surface area contributed by atoms with Gasteiger partial charge < -0.3 is 0 Å². The van der Waals surface area contributed by atoms with Crippen molar-refractivity contribution in [3.63, 3.8) is 0 Å². The zero-order valence-corrected chi connectivity index (χ0v) is 11.1. The Kier molecular flexibility index (Phi) is 4.57. The van der Waals surface area contributed by atoms with E-state index in [2.05, 4.69) is 0 Å². The van der Waals surface area contributed by atoms with Crippen LogP contribution in [-0.2, 0) is 11.3 Å². The molecule has 0 aliphatic carbocycles. The Morgan fingerprint density at radius 3 is 2.42 bits per heavy atom. The summed E-state index contributed by atoms with van der Waals surface area (Å²) < 4.78 is 39.5. The first kappa shape index (κ1) is 15.5. The van der Waals surface area contributed by atoms with Gasteiger partial charge in [-0.25, -0.2) is 19.0 Å². The third kappa shape index (κ3) is 3.47. The van der Waals surface area contributed by atoms with E-state index in [4.69, 9.17) is 5.84 Å². The molecular weight excluding hydrogens is 257 g/mol. The first-order valence-corrected chi connectivity index (χ1v) is 5.89. The van der Waals surface area contributed by atoms with E-state index in [1.54, 1.807) is 13.8 Å². The monoisotopic (exact) mass is 274 g/mol. The van der Waals surface area contributed by atoms with Gasteiger partial charge in [-0.3, -0.25) is 9.80 Å². The molecule has 0 saturated carbocycles. The number of carbonyl (C=O) groups is 1. The molecule has 0 spiro atoms. The van der Waals surface area contributed by atoms with Gasteiger partial charge in [0.1, 0.15) is 5.82 Å². The van der Waals surface area contributed by atoms with Crippen molar-refractivity contribution in [2.24, 2.45) is 11.3 Å². The third-order valence-electron chi connectivity index (χ3n) is 3.13. The third-order valence-corrected chi connectivity index (χ3v) is 3.13. The van der Waals surface area contributed by atoms with Crippen molar-refractivity contribution < 1.29 is 18.0 Å². The summed E-state index contributed by atoms with van der Waals surface area (Å²) in [6, 6.07) is 1.27. The van der Waals surface area contributed by atoms with Crippen LogP contribution < -0.4 is 5.84 Å². The lowest BCUT2D eigenvalue weighted by atomic mass is 9.89. The van der Waals surface area contributed by atoms with Crippen molar-refractivity contribution in [1.82, 2.24) is 5.01 Å². The minimum atomic E-state index is -1.30. The first-order valence-electron chi connectivity index (χ1n) is 5.89. The molecule has 0 aliphatic heterocycles. The Morgan fingerprint density at radius 1 is 1.32 bits per heavy atom. The molecule has 1 amide bonds. The molecule has 1 rings (SSSR count). The predicted octanol–water partition coefficient (Wildman–Crippen LogP) is 2.74. The average molecular weight is 274 g/mol. The van der Waals surface area contributed by atoms with Crippen LogP contribution in [0.25, 0.3) is 0 Å². The van der Waals surface area contributed by atoms with Crippen LogP contribution in [0.2, 0.25) is 0 Å². The van der Waals surface area contributed by atoms with Gasteiger partial charge in [0.25, 0.3) is 0 Å². The summed E-state index contributed by atoms with van der Waals surface area (Å²) in [4.78, 5) is 12.0. The van der Waals surface area contributed by atoms with Crippen LogP contribution in [0.1, 0.15) is 32.8 Å². The normalized spacial score (nSPS) is 11.5. The van der Waals surface area contributed by atoms with Crippen molar-refractivity contribution in [1.29, 1.82) is 0 Å². The average Bonchev–Trinajstić information content (AvgIpc) is 2.34. The summed E-state index contributed by atoms with van der Waals surface area (Å²) in [5, 5.41) is 0.779. The molecule has 0 fully saturated rings. The topological polar surface area (TPSA) is 46.3 Å². The van der Waals surface area contributed by atoms with Gasteiger partial charge in [0, 0.05) is 17.0 Å². The first-order chi connectivity index (χ1) is 8.69. The Morgan fingerprint density at radius 2 is 1.89 bits per heavy atom. The fourth-order valence-corrected chi connectivity index (χ4v) is 1.52. The van der Waals surface area contributed by atoms with Crippen LogP contribution in [-0.4, -0.2) is 10.9 Å². The molecule has 0 aromatic heterocycles. The minimum Gasteiger partial charge on any atom is -0.276 e. The Hall–Kier alpha value is -1.56. The second-order valence-electron chi connectivity index (χ2n) is 5.03. The predicted molar refractivity (Wildman–Crippen MR) is 65.1 cm³/mol. The van der Waals surface area contributed by atoms with Gasteiger partial charge in [0.2, 0.25) is 5.91 Å². The van der Waals surface area contributed by atoms with Crippen molar-refractivity contribution >= 4 is 5.91 Å². The number of amides is 1. The van der Waals surface area contributed by atoms with Crippen LogP contribution in [0, 0.1) is 22.9 Å². The van der Waals surface area contributed by atoms with Gasteiger partial charge >= 0.3 is 0 Å². The van der Waals surface area contributed by atoms with E-state index in [0.717, 1.165) is 11.1 Å². The lowest BCUT2D eigenvalue weighted by Gasteiger charge is -2.27. The number of benzene rings is 1. The second kappa shape index (κ2) is 5.61. The molecule has 0 bridgehead atoms. The maximum Gasteiger partial charge on any atom is 0.242 e. The van der Waals surface area contributed by atoms with Gasteiger partial charge in [-0.05, 0) is 12.5 Å². The molecule has 106 valence electrons. The zero-order chi connectivity index (χ0) is 14.8. The van der Waals surface area contributed by atoms with Crippen LogP contribution in [0.4, 0.5) is 13.2 Å². The SMILES string of the molecule is CCC(C)(C)C(=O)N(N)Cc1cc(F)cc(F)c1F. The fourth-order valence-electron chi connectivity index (χ4n) is 1.52. The quantitative estimate of drug-likeness (QED) is 0.397. The lowest BCUT2D eigenvalue weighted by Crippen LogP contribution is -2.44. The maximum atomic E-state index is 13.4. The largest absolute Gasteiger partial charge is 0.276 e. The summed E-state index contributed by atoms with van der Waals surface area (Å²) >= 11 is 0. The van der Waals surface area contributed by atoms with E-state index >= 15 is 0 Å². The summed E-state index contributed by atoms with van der Waals surface area (Å²) in [6.07, 6.45) is 0.541. The Bertz CT molecular complexity index is 489. The van der Waals surface area contributed by atoms with Crippen molar-refractivity contribution in [3.8, 4) is 0 Å². The highest BCUT2D eigenvalue weighted by Crippen LogP contribution is 2.23. The lowest BCUT2D eigenvalue weighted by molar-refractivity contribution is -0.141. The number of hydrazine groups is 1. The van der Waals surface area contributed by atoms with Crippen LogP contribution in [0.5, 0.6) is 0 Å². The Balaban J connectivity index is 2.95.